The van der Waals surface area contributed by atoms with Crippen molar-refractivity contribution < 1.29 is 0 Å². The summed E-state index contributed by atoms with van der Waals surface area (Å²) >= 11 is 3.50. The molecule has 0 bridgehead atoms. The number of rotatable bonds is 4. The topological polar surface area (TPSA) is 86.5 Å². The molecule has 0 saturated carbocycles. The highest BCUT2D eigenvalue weighted by atomic mass is 79.9. The lowest BCUT2D eigenvalue weighted by Crippen LogP contribution is -2.02. The second-order valence-electron chi connectivity index (χ2n) is 5.07. The maximum absolute atomic E-state index is 8.95. The van der Waals surface area contributed by atoms with Crippen LogP contribution in [-0.2, 0) is 0 Å². The molecule has 7 heteroatoms. The third-order valence-electron chi connectivity index (χ3n) is 3.25. The van der Waals surface area contributed by atoms with Crippen LogP contribution in [0.4, 0.5) is 23.1 Å². The Labute approximate surface area is 147 Å². The summed E-state index contributed by atoms with van der Waals surface area (Å²) in [4.78, 5) is 4.38. The van der Waals surface area contributed by atoms with Gasteiger partial charge in [-0.15, -0.1) is 5.10 Å². The number of hydrogen-bond acceptors (Lipinski definition) is 6. The fraction of sp³-hybridized carbons (Fsp3) is 0.0588. The number of benzene rings is 2. The first-order valence-corrected chi connectivity index (χ1v) is 7.93. The average Bonchev–Trinajstić information content (AvgIpc) is 2.59. The van der Waals surface area contributed by atoms with Gasteiger partial charge in [-0.05, 0) is 42.8 Å². The standard InChI is InChI=1S/C17H13BrN6/c1-11-5-6-14(8-15(11)18)22-17-23-16(10-20-24-17)21-13-4-2-3-12(7-13)9-19/h2-8,10H,1H3,(H2,21,22,23,24). The van der Waals surface area contributed by atoms with Gasteiger partial charge in [0, 0.05) is 15.8 Å². The molecular formula is C17H13BrN6. The molecule has 3 aromatic rings. The molecule has 1 aromatic heterocycles. The maximum atomic E-state index is 8.95. The number of aromatic nitrogens is 3. The molecule has 0 atom stereocenters. The van der Waals surface area contributed by atoms with Gasteiger partial charge < -0.3 is 10.6 Å². The number of nitrogens with one attached hydrogen (secondary N) is 2. The zero-order valence-corrected chi connectivity index (χ0v) is 14.4. The summed E-state index contributed by atoms with van der Waals surface area (Å²) in [5.41, 5.74) is 3.34. The molecular weight excluding hydrogens is 368 g/mol. The van der Waals surface area contributed by atoms with Gasteiger partial charge in [0.25, 0.3) is 0 Å². The molecule has 2 aromatic carbocycles. The largest absolute Gasteiger partial charge is 0.339 e. The normalized spacial score (nSPS) is 10.0. The Hall–Kier alpha value is -2.98. The Morgan fingerprint density at radius 1 is 1.08 bits per heavy atom. The van der Waals surface area contributed by atoms with Crippen LogP contribution in [0.25, 0.3) is 0 Å². The first kappa shape index (κ1) is 15.9. The van der Waals surface area contributed by atoms with Crippen molar-refractivity contribution in [3.8, 4) is 6.07 Å². The van der Waals surface area contributed by atoms with E-state index < -0.39 is 0 Å². The molecule has 24 heavy (non-hydrogen) atoms. The second-order valence-corrected chi connectivity index (χ2v) is 5.93. The molecule has 0 amide bonds. The van der Waals surface area contributed by atoms with E-state index in [0.29, 0.717) is 17.3 Å². The monoisotopic (exact) mass is 380 g/mol. The van der Waals surface area contributed by atoms with Crippen LogP contribution in [0.2, 0.25) is 0 Å². The quantitative estimate of drug-likeness (QED) is 0.701. The third kappa shape index (κ3) is 3.86. The van der Waals surface area contributed by atoms with Gasteiger partial charge in [0.15, 0.2) is 5.82 Å². The molecule has 0 unspecified atom stereocenters. The van der Waals surface area contributed by atoms with Gasteiger partial charge in [-0.2, -0.15) is 15.3 Å². The lowest BCUT2D eigenvalue weighted by atomic mass is 10.2. The fourth-order valence-corrected chi connectivity index (χ4v) is 2.41. The molecule has 2 N–H and O–H groups in total. The Morgan fingerprint density at radius 2 is 1.92 bits per heavy atom. The molecule has 0 aliphatic rings. The first-order chi connectivity index (χ1) is 11.6. The number of nitriles is 1. The summed E-state index contributed by atoms with van der Waals surface area (Å²) in [5.74, 6) is 0.918. The van der Waals surface area contributed by atoms with Crippen LogP contribution in [0.1, 0.15) is 11.1 Å². The van der Waals surface area contributed by atoms with Gasteiger partial charge in [-0.1, -0.05) is 28.1 Å². The van der Waals surface area contributed by atoms with Crippen molar-refractivity contribution in [2.24, 2.45) is 0 Å². The molecule has 0 aliphatic carbocycles. The van der Waals surface area contributed by atoms with Crippen LogP contribution in [-0.4, -0.2) is 15.2 Å². The van der Waals surface area contributed by atoms with Gasteiger partial charge >= 0.3 is 0 Å². The lowest BCUT2D eigenvalue weighted by Gasteiger charge is -2.08. The Bertz CT molecular complexity index is 919. The smallest absolute Gasteiger partial charge is 0.249 e. The summed E-state index contributed by atoms with van der Waals surface area (Å²) < 4.78 is 1.00. The zero-order valence-electron chi connectivity index (χ0n) is 12.8. The van der Waals surface area contributed by atoms with Crippen LogP contribution in [0, 0.1) is 18.3 Å². The van der Waals surface area contributed by atoms with Crippen LogP contribution < -0.4 is 10.6 Å². The van der Waals surface area contributed by atoms with Crippen LogP contribution in [0.5, 0.6) is 0 Å². The number of aryl methyl sites for hydroxylation is 1. The van der Waals surface area contributed by atoms with Gasteiger partial charge in [-0.3, -0.25) is 0 Å². The predicted molar refractivity (Wildman–Crippen MR) is 96.4 cm³/mol. The molecule has 0 spiro atoms. The minimum Gasteiger partial charge on any atom is -0.339 e. The molecule has 0 saturated heterocycles. The third-order valence-corrected chi connectivity index (χ3v) is 4.11. The van der Waals surface area contributed by atoms with Crippen molar-refractivity contribution in [3.05, 3.63) is 64.3 Å². The average molecular weight is 381 g/mol. The maximum Gasteiger partial charge on any atom is 0.249 e. The molecule has 3 rings (SSSR count). The highest BCUT2D eigenvalue weighted by molar-refractivity contribution is 9.10. The Morgan fingerprint density at radius 3 is 2.71 bits per heavy atom. The van der Waals surface area contributed by atoms with Gasteiger partial charge in [-0.25, -0.2) is 0 Å². The van der Waals surface area contributed by atoms with Crippen molar-refractivity contribution >= 4 is 39.1 Å². The van der Waals surface area contributed by atoms with Crippen molar-refractivity contribution in [2.75, 3.05) is 10.6 Å². The van der Waals surface area contributed by atoms with E-state index in [9.17, 15) is 0 Å². The molecule has 0 aliphatic heterocycles. The van der Waals surface area contributed by atoms with Crippen molar-refractivity contribution in [1.82, 2.24) is 15.2 Å². The van der Waals surface area contributed by atoms with Crippen molar-refractivity contribution in [2.45, 2.75) is 6.92 Å². The van der Waals surface area contributed by atoms with E-state index in [-0.39, 0.29) is 0 Å². The summed E-state index contributed by atoms with van der Waals surface area (Å²) in [5, 5.41) is 23.1. The van der Waals surface area contributed by atoms with Crippen molar-refractivity contribution in [1.29, 1.82) is 5.26 Å². The lowest BCUT2D eigenvalue weighted by molar-refractivity contribution is 0.982. The fourth-order valence-electron chi connectivity index (χ4n) is 2.03. The number of halogens is 1. The van der Waals surface area contributed by atoms with Crippen LogP contribution in [0.15, 0.2) is 53.1 Å². The number of nitrogens with zero attached hydrogens (tertiary/aromatic N) is 4. The molecule has 118 valence electrons. The van der Waals surface area contributed by atoms with E-state index in [0.717, 1.165) is 21.4 Å². The molecule has 1 heterocycles. The highest BCUT2D eigenvalue weighted by Crippen LogP contribution is 2.23. The summed E-state index contributed by atoms with van der Waals surface area (Å²) in [6.07, 6.45) is 1.52. The van der Waals surface area contributed by atoms with E-state index in [1.165, 1.54) is 6.20 Å². The van der Waals surface area contributed by atoms with Gasteiger partial charge in [0.1, 0.15) is 0 Å². The summed E-state index contributed by atoms with van der Waals surface area (Å²) in [7, 11) is 0. The van der Waals surface area contributed by atoms with Crippen molar-refractivity contribution in [3.63, 3.8) is 0 Å². The van der Waals surface area contributed by atoms with E-state index in [1.54, 1.807) is 18.2 Å². The first-order valence-electron chi connectivity index (χ1n) is 7.14. The van der Waals surface area contributed by atoms with Crippen LogP contribution in [0.3, 0.4) is 0 Å². The minimum absolute atomic E-state index is 0.382. The number of anilines is 4. The number of hydrogen-bond donors (Lipinski definition) is 2. The second kappa shape index (κ2) is 7.06. The molecule has 0 radical (unpaired) electrons. The van der Waals surface area contributed by atoms with E-state index in [4.69, 9.17) is 5.26 Å². The Kier molecular flexibility index (Phi) is 4.68. The molecule has 6 nitrogen and oxygen atoms in total. The Balaban J connectivity index is 1.78. The van der Waals surface area contributed by atoms with E-state index in [2.05, 4.69) is 47.8 Å². The zero-order chi connectivity index (χ0) is 16.9. The van der Waals surface area contributed by atoms with Crippen LogP contribution >= 0.6 is 15.9 Å². The van der Waals surface area contributed by atoms with Gasteiger partial charge in [0.2, 0.25) is 5.95 Å². The van der Waals surface area contributed by atoms with Gasteiger partial charge in [0.05, 0.1) is 17.8 Å². The van der Waals surface area contributed by atoms with E-state index >= 15 is 0 Å². The SMILES string of the molecule is Cc1ccc(Nc2nncc(Nc3cccc(C#N)c3)n2)cc1Br. The predicted octanol–water partition coefficient (Wildman–Crippen LogP) is 4.30. The summed E-state index contributed by atoms with van der Waals surface area (Å²) in [6, 6.07) is 15.1. The molecule has 0 fully saturated rings. The van der Waals surface area contributed by atoms with E-state index in [1.807, 2.05) is 31.2 Å². The highest BCUT2D eigenvalue weighted by Gasteiger charge is 2.04. The summed E-state index contributed by atoms with van der Waals surface area (Å²) in [6.45, 7) is 2.02. The minimum atomic E-state index is 0.382.